The Morgan fingerprint density at radius 1 is 1.07 bits per heavy atom. The van der Waals surface area contributed by atoms with Crippen LogP contribution in [-0.4, -0.2) is 59.5 Å². The molecule has 2 aromatic carbocycles. The molecule has 5 nitrogen and oxygen atoms in total. The van der Waals surface area contributed by atoms with Crippen molar-refractivity contribution in [2.24, 2.45) is 0 Å². The van der Waals surface area contributed by atoms with Crippen molar-refractivity contribution in [2.75, 3.05) is 26.2 Å². The predicted molar refractivity (Wildman–Crippen MR) is 107 cm³/mol. The van der Waals surface area contributed by atoms with E-state index < -0.39 is 5.60 Å². The molecule has 1 spiro atoms. The zero-order chi connectivity index (χ0) is 19.7. The van der Waals surface area contributed by atoms with E-state index in [9.17, 15) is 9.59 Å². The van der Waals surface area contributed by atoms with Gasteiger partial charge in [-0.15, -0.1) is 0 Å². The minimum absolute atomic E-state index is 0.0121. The summed E-state index contributed by atoms with van der Waals surface area (Å²) in [5.41, 5.74) is 0.698. The van der Waals surface area contributed by atoms with Crippen molar-refractivity contribution in [2.45, 2.75) is 31.4 Å². The van der Waals surface area contributed by atoms with E-state index in [2.05, 4.69) is 0 Å². The summed E-state index contributed by atoms with van der Waals surface area (Å²) in [4.78, 5) is 30.2. The molecule has 0 N–H and O–H groups in total. The van der Waals surface area contributed by atoms with Gasteiger partial charge in [0.25, 0.3) is 11.8 Å². The summed E-state index contributed by atoms with van der Waals surface area (Å²) >= 11 is 0. The van der Waals surface area contributed by atoms with Crippen LogP contribution < -0.4 is 0 Å². The highest BCUT2D eigenvalue weighted by atomic mass is 16.5. The molecule has 2 aliphatic rings. The number of morpholine rings is 1. The summed E-state index contributed by atoms with van der Waals surface area (Å²) in [5, 5.41) is 0. The number of benzene rings is 2. The molecule has 0 saturated carbocycles. The number of likely N-dealkylation sites (tertiary alicyclic amines) is 1. The predicted octanol–water partition coefficient (Wildman–Crippen LogP) is 2.93. The van der Waals surface area contributed by atoms with Crippen LogP contribution in [0.4, 0.5) is 0 Å². The average Bonchev–Trinajstić information content (AvgIpc) is 3.01. The second-order valence-corrected chi connectivity index (χ2v) is 7.85. The lowest BCUT2D eigenvalue weighted by Crippen LogP contribution is -2.59. The molecule has 0 radical (unpaired) electrons. The zero-order valence-corrected chi connectivity index (χ0v) is 16.4. The van der Waals surface area contributed by atoms with Gasteiger partial charge in [0.2, 0.25) is 0 Å². The summed E-state index contributed by atoms with van der Waals surface area (Å²) in [7, 11) is 0. The molecule has 2 atom stereocenters. The maximum absolute atomic E-state index is 13.5. The van der Waals surface area contributed by atoms with E-state index in [-0.39, 0.29) is 30.3 Å². The maximum Gasteiger partial charge on any atom is 0.257 e. The molecule has 2 aromatic rings. The number of hydrogen-bond acceptors (Lipinski definition) is 3. The summed E-state index contributed by atoms with van der Waals surface area (Å²) in [6.07, 6.45) is 0. The normalized spacial score (nSPS) is 25.0. The number of rotatable bonds is 3. The van der Waals surface area contributed by atoms with Crippen LogP contribution in [0, 0.1) is 0 Å². The number of amides is 2. The monoisotopic (exact) mass is 378 g/mol. The van der Waals surface area contributed by atoms with Crippen molar-refractivity contribution in [1.29, 1.82) is 0 Å². The van der Waals surface area contributed by atoms with Gasteiger partial charge in [-0.2, -0.15) is 0 Å². The highest BCUT2D eigenvalue weighted by Crippen LogP contribution is 2.42. The lowest BCUT2D eigenvalue weighted by atomic mass is 9.83. The number of carbonyl (C=O) groups excluding carboxylic acids is 2. The average molecular weight is 378 g/mol. The molecule has 5 heteroatoms. The van der Waals surface area contributed by atoms with Crippen LogP contribution in [0.25, 0.3) is 0 Å². The number of nitrogens with zero attached hydrogens (tertiary/aromatic N) is 2. The van der Waals surface area contributed by atoms with Gasteiger partial charge in [0.1, 0.15) is 0 Å². The maximum atomic E-state index is 13.5. The van der Waals surface area contributed by atoms with Gasteiger partial charge in [-0.1, -0.05) is 48.5 Å². The van der Waals surface area contributed by atoms with Crippen molar-refractivity contribution in [3.63, 3.8) is 0 Å². The first-order valence-corrected chi connectivity index (χ1v) is 9.87. The van der Waals surface area contributed by atoms with Crippen LogP contribution in [0.15, 0.2) is 60.7 Å². The first-order valence-electron chi connectivity index (χ1n) is 9.87. The van der Waals surface area contributed by atoms with Gasteiger partial charge in [-0.3, -0.25) is 9.59 Å². The fourth-order valence-corrected chi connectivity index (χ4v) is 4.35. The van der Waals surface area contributed by atoms with Gasteiger partial charge in [0.05, 0.1) is 13.2 Å². The van der Waals surface area contributed by atoms with Crippen LogP contribution in [0.5, 0.6) is 0 Å². The molecular weight excluding hydrogens is 352 g/mol. The Labute approximate surface area is 165 Å². The molecule has 0 aliphatic carbocycles. The Morgan fingerprint density at radius 2 is 1.71 bits per heavy atom. The summed E-state index contributed by atoms with van der Waals surface area (Å²) in [6, 6.07) is 19.4. The van der Waals surface area contributed by atoms with E-state index in [4.69, 9.17) is 4.74 Å². The number of carbonyl (C=O) groups is 2. The molecular formula is C23H26N2O3. The fourth-order valence-electron chi connectivity index (χ4n) is 4.35. The molecule has 2 heterocycles. The van der Waals surface area contributed by atoms with Crippen LogP contribution >= 0.6 is 0 Å². The van der Waals surface area contributed by atoms with Gasteiger partial charge in [-0.25, -0.2) is 0 Å². The first-order chi connectivity index (χ1) is 13.5. The van der Waals surface area contributed by atoms with Crippen LogP contribution in [0.3, 0.4) is 0 Å². The van der Waals surface area contributed by atoms with Crippen LogP contribution in [0.2, 0.25) is 0 Å². The SMILES string of the molecule is CC(C)N1CC(c2ccccc2)C2(CN(C(=O)c3ccccc3)CCO2)C1=O. The Bertz CT molecular complexity index is 853. The minimum Gasteiger partial charge on any atom is -0.361 e. The second-order valence-electron chi connectivity index (χ2n) is 7.85. The van der Waals surface area contributed by atoms with Crippen molar-refractivity contribution in [3.05, 3.63) is 71.8 Å². The smallest absolute Gasteiger partial charge is 0.257 e. The highest BCUT2D eigenvalue weighted by Gasteiger charge is 2.58. The summed E-state index contributed by atoms with van der Waals surface area (Å²) < 4.78 is 6.22. The van der Waals surface area contributed by atoms with E-state index in [1.54, 1.807) is 4.90 Å². The Kier molecular flexibility index (Phi) is 4.94. The van der Waals surface area contributed by atoms with Gasteiger partial charge in [0.15, 0.2) is 5.60 Å². The Morgan fingerprint density at radius 3 is 2.36 bits per heavy atom. The Balaban J connectivity index is 1.69. The summed E-state index contributed by atoms with van der Waals surface area (Å²) in [6.45, 7) is 5.78. The molecule has 146 valence electrons. The third kappa shape index (κ3) is 3.10. The van der Waals surface area contributed by atoms with Gasteiger partial charge < -0.3 is 14.5 Å². The third-order valence-electron chi connectivity index (χ3n) is 5.84. The molecule has 2 amide bonds. The van der Waals surface area contributed by atoms with Crippen LogP contribution in [0.1, 0.15) is 35.7 Å². The van der Waals surface area contributed by atoms with Gasteiger partial charge in [0, 0.05) is 30.6 Å². The van der Waals surface area contributed by atoms with Crippen LogP contribution in [-0.2, 0) is 9.53 Å². The standard InChI is InChI=1S/C23H26N2O3/c1-17(2)25-15-20(18-9-5-3-6-10-18)23(22(25)27)16-24(13-14-28-23)21(26)19-11-7-4-8-12-19/h3-12,17,20H,13-16H2,1-2H3. The zero-order valence-electron chi connectivity index (χ0n) is 16.4. The topological polar surface area (TPSA) is 49.9 Å². The molecule has 0 aromatic heterocycles. The summed E-state index contributed by atoms with van der Waals surface area (Å²) in [5.74, 6) is -0.164. The molecule has 2 fully saturated rings. The second kappa shape index (κ2) is 7.40. The van der Waals surface area contributed by atoms with Gasteiger partial charge in [-0.05, 0) is 31.5 Å². The molecule has 4 rings (SSSR count). The van der Waals surface area contributed by atoms with E-state index in [0.717, 1.165) is 5.56 Å². The third-order valence-corrected chi connectivity index (χ3v) is 5.84. The van der Waals surface area contributed by atoms with Gasteiger partial charge >= 0.3 is 0 Å². The minimum atomic E-state index is -1.02. The fraction of sp³-hybridized carbons (Fsp3) is 0.391. The molecule has 2 unspecified atom stereocenters. The Hall–Kier alpha value is -2.66. The largest absolute Gasteiger partial charge is 0.361 e. The lowest BCUT2D eigenvalue weighted by Gasteiger charge is -2.42. The number of hydrogen-bond donors (Lipinski definition) is 0. The quantitative estimate of drug-likeness (QED) is 0.825. The highest BCUT2D eigenvalue weighted by molar-refractivity contribution is 5.96. The van der Waals surface area contributed by atoms with E-state index in [1.165, 1.54) is 0 Å². The van der Waals surface area contributed by atoms with Crippen molar-refractivity contribution < 1.29 is 14.3 Å². The first kappa shape index (κ1) is 18.7. The van der Waals surface area contributed by atoms with Crippen molar-refractivity contribution in [1.82, 2.24) is 9.80 Å². The van der Waals surface area contributed by atoms with Crippen molar-refractivity contribution in [3.8, 4) is 0 Å². The molecule has 0 bridgehead atoms. The molecule has 2 aliphatic heterocycles. The van der Waals surface area contributed by atoms with E-state index >= 15 is 0 Å². The lowest BCUT2D eigenvalue weighted by molar-refractivity contribution is -0.160. The molecule has 2 saturated heterocycles. The number of ether oxygens (including phenoxy) is 1. The van der Waals surface area contributed by atoms with E-state index in [1.807, 2.05) is 79.4 Å². The van der Waals surface area contributed by atoms with E-state index in [0.29, 0.717) is 25.3 Å². The van der Waals surface area contributed by atoms with Crippen molar-refractivity contribution >= 4 is 11.8 Å². The molecule has 28 heavy (non-hydrogen) atoms.